The number of fused-ring (bicyclic) bond motifs is 2. The molecule has 0 radical (unpaired) electrons. The second-order valence-corrected chi connectivity index (χ2v) is 6.25. The molecule has 7 heteroatoms. The van der Waals surface area contributed by atoms with Crippen LogP contribution < -0.4 is 0 Å². The Morgan fingerprint density at radius 3 is 2.59 bits per heavy atom. The first-order chi connectivity index (χ1) is 13.0. The zero-order chi connectivity index (χ0) is 19.0. The number of carbonyl (C=O) groups is 2. The van der Waals surface area contributed by atoms with Gasteiger partial charge in [0.1, 0.15) is 0 Å². The third kappa shape index (κ3) is 3.27. The first-order valence-electron chi connectivity index (χ1n) is 8.41. The fourth-order valence-corrected chi connectivity index (χ4v) is 2.89. The molecular weight excluding hydrogens is 344 g/mol. The van der Waals surface area contributed by atoms with Gasteiger partial charge >= 0.3 is 5.97 Å². The van der Waals surface area contributed by atoms with Gasteiger partial charge in [-0.1, -0.05) is 36.4 Å². The van der Waals surface area contributed by atoms with E-state index < -0.39 is 5.97 Å². The van der Waals surface area contributed by atoms with E-state index in [0.717, 1.165) is 22.2 Å². The molecule has 0 bridgehead atoms. The topological polar surface area (TPSA) is 86.5 Å². The largest absolute Gasteiger partial charge is 0.451 e. The maximum Gasteiger partial charge on any atom is 0.378 e. The number of carbonyl (C=O) groups excluding carboxylic acids is 2. The zero-order valence-corrected chi connectivity index (χ0v) is 14.8. The lowest BCUT2D eigenvalue weighted by molar-refractivity contribution is 0.0463. The second kappa shape index (κ2) is 6.60. The Hall–Kier alpha value is -3.61. The molecule has 0 N–H and O–H groups in total. The number of nitrogens with zero attached hydrogens (tertiary/aromatic N) is 4. The van der Waals surface area contributed by atoms with Crippen LogP contribution in [0.25, 0.3) is 16.6 Å². The number of esters is 1. The lowest BCUT2D eigenvalue weighted by Crippen LogP contribution is -2.15. The molecule has 0 saturated heterocycles. The Labute approximate surface area is 154 Å². The van der Waals surface area contributed by atoms with Crippen molar-refractivity contribution in [3.05, 3.63) is 71.3 Å². The smallest absolute Gasteiger partial charge is 0.378 e. The van der Waals surface area contributed by atoms with Gasteiger partial charge < -0.3 is 4.74 Å². The number of hydrogen-bond donors (Lipinski definition) is 0. The van der Waals surface area contributed by atoms with Crippen molar-refractivity contribution < 1.29 is 14.3 Å². The summed E-state index contributed by atoms with van der Waals surface area (Å²) in [6.07, 6.45) is 0. The van der Waals surface area contributed by atoms with Crippen molar-refractivity contribution in [1.82, 2.24) is 19.6 Å². The number of ketones is 1. The van der Waals surface area contributed by atoms with Crippen LogP contribution in [0, 0.1) is 13.8 Å². The van der Waals surface area contributed by atoms with Crippen LogP contribution in [0.4, 0.5) is 0 Å². The van der Waals surface area contributed by atoms with Crippen molar-refractivity contribution in [3.8, 4) is 0 Å². The van der Waals surface area contributed by atoms with Crippen LogP contribution in [0.1, 0.15) is 32.4 Å². The molecule has 2 aromatic heterocycles. The van der Waals surface area contributed by atoms with Crippen LogP contribution in [-0.2, 0) is 4.74 Å². The van der Waals surface area contributed by atoms with Gasteiger partial charge in [-0.25, -0.2) is 14.3 Å². The standard InChI is InChI=1S/C20H16N4O3/c1-12-9-13(2)24-20(21-12)22-18(23-24)19(26)27-11-17(25)16-8-7-14-5-3-4-6-15(14)10-16/h3-10H,11H2,1-2H3. The maximum absolute atomic E-state index is 12.4. The molecule has 27 heavy (non-hydrogen) atoms. The average Bonchev–Trinajstić information content (AvgIpc) is 3.10. The summed E-state index contributed by atoms with van der Waals surface area (Å²) in [5.74, 6) is -0.850. The molecule has 0 aliphatic carbocycles. The molecule has 7 nitrogen and oxygen atoms in total. The third-order valence-electron chi connectivity index (χ3n) is 4.21. The zero-order valence-electron chi connectivity index (χ0n) is 14.8. The summed E-state index contributed by atoms with van der Waals surface area (Å²) in [7, 11) is 0. The highest BCUT2D eigenvalue weighted by Crippen LogP contribution is 2.16. The van der Waals surface area contributed by atoms with Gasteiger partial charge in [0.15, 0.2) is 12.4 Å². The SMILES string of the molecule is Cc1cc(C)n2nc(C(=O)OCC(=O)c3ccc4ccccc4c3)nc2n1. The highest BCUT2D eigenvalue weighted by Gasteiger charge is 2.18. The molecule has 4 rings (SSSR count). The van der Waals surface area contributed by atoms with Crippen LogP contribution in [0.3, 0.4) is 0 Å². The summed E-state index contributed by atoms with van der Waals surface area (Å²) in [6.45, 7) is 3.30. The van der Waals surface area contributed by atoms with E-state index in [-0.39, 0.29) is 18.2 Å². The quantitative estimate of drug-likeness (QED) is 0.411. The molecule has 0 aliphatic rings. The molecule has 0 atom stereocenters. The fraction of sp³-hybridized carbons (Fsp3) is 0.150. The van der Waals surface area contributed by atoms with Crippen LogP contribution >= 0.6 is 0 Å². The lowest BCUT2D eigenvalue weighted by atomic mass is 10.0. The lowest BCUT2D eigenvalue weighted by Gasteiger charge is -2.04. The van der Waals surface area contributed by atoms with Gasteiger partial charge in [-0.15, -0.1) is 5.10 Å². The van der Waals surface area contributed by atoms with Gasteiger partial charge in [0.25, 0.3) is 11.6 Å². The highest BCUT2D eigenvalue weighted by atomic mass is 16.5. The Bertz CT molecular complexity index is 1200. The maximum atomic E-state index is 12.4. The van der Waals surface area contributed by atoms with E-state index in [9.17, 15) is 9.59 Å². The van der Waals surface area contributed by atoms with E-state index >= 15 is 0 Å². The van der Waals surface area contributed by atoms with Gasteiger partial charge in [0.05, 0.1) is 0 Å². The second-order valence-electron chi connectivity index (χ2n) is 6.25. The number of rotatable bonds is 4. The van der Waals surface area contributed by atoms with Gasteiger partial charge in [-0.3, -0.25) is 4.79 Å². The number of Topliss-reactive ketones (excluding diaryl/α,β-unsaturated/α-hetero) is 1. The van der Waals surface area contributed by atoms with Crippen molar-refractivity contribution in [1.29, 1.82) is 0 Å². The first kappa shape index (κ1) is 16.8. The van der Waals surface area contributed by atoms with Gasteiger partial charge in [-0.05, 0) is 36.8 Å². The Kier molecular flexibility index (Phi) is 4.12. The number of aryl methyl sites for hydroxylation is 2. The average molecular weight is 360 g/mol. The molecule has 0 amide bonds. The Balaban J connectivity index is 1.49. The predicted octanol–water partition coefficient (Wildman–Crippen LogP) is 2.93. The van der Waals surface area contributed by atoms with E-state index in [2.05, 4.69) is 15.1 Å². The molecule has 134 valence electrons. The number of aromatic nitrogens is 4. The molecule has 0 spiro atoms. The van der Waals surface area contributed by atoms with Gasteiger partial charge in [0.2, 0.25) is 0 Å². The van der Waals surface area contributed by atoms with E-state index in [4.69, 9.17) is 4.74 Å². The van der Waals surface area contributed by atoms with Crippen LogP contribution in [-0.4, -0.2) is 37.9 Å². The molecule has 0 unspecified atom stereocenters. The van der Waals surface area contributed by atoms with Crippen molar-refractivity contribution >= 4 is 28.3 Å². The first-order valence-corrected chi connectivity index (χ1v) is 8.41. The minimum atomic E-state index is -0.758. The molecular formula is C20H16N4O3. The molecule has 2 aromatic carbocycles. The number of ether oxygens (including phenoxy) is 1. The fourth-order valence-electron chi connectivity index (χ4n) is 2.89. The minimum absolute atomic E-state index is 0.123. The van der Waals surface area contributed by atoms with Crippen LogP contribution in [0.15, 0.2) is 48.5 Å². The summed E-state index contributed by atoms with van der Waals surface area (Å²) in [6, 6.07) is 14.9. The van der Waals surface area contributed by atoms with Crippen LogP contribution in [0.5, 0.6) is 0 Å². The molecule has 0 fully saturated rings. The van der Waals surface area contributed by atoms with Crippen molar-refractivity contribution in [2.45, 2.75) is 13.8 Å². The normalized spacial score (nSPS) is 11.0. The summed E-state index contributed by atoms with van der Waals surface area (Å²) in [5.41, 5.74) is 2.06. The summed E-state index contributed by atoms with van der Waals surface area (Å²) >= 11 is 0. The number of hydrogen-bond acceptors (Lipinski definition) is 6. The van der Waals surface area contributed by atoms with Crippen molar-refractivity contribution in [3.63, 3.8) is 0 Å². The van der Waals surface area contributed by atoms with Crippen molar-refractivity contribution in [2.24, 2.45) is 0 Å². The van der Waals surface area contributed by atoms with E-state index in [1.807, 2.05) is 50.2 Å². The highest BCUT2D eigenvalue weighted by molar-refractivity contribution is 6.01. The molecule has 2 heterocycles. The Morgan fingerprint density at radius 1 is 1.00 bits per heavy atom. The Morgan fingerprint density at radius 2 is 1.78 bits per heavy atom. The van der Waals surface area contributed by atoms with E-state index in [0.29, 0.717) is 11.3 Å². The van der Waals surface area contributed by atoms with E-state index in [1.165, 1.54) is 4.52 Å². The predicted molar refractivity (Wildman–Crippen MR) is 98.8 cm³/mol. The molecule has 0 aliphatic heterocycles. The number of benzene rings is 2. The van der Waals surface area contributed by atoms with Gasteiger partial charge in [-0.2, -0.15) is 4.98 Å². The van der Waals surface area contributed by atoms with E-state index in [1.54, 1.807) is 12.1 Å². The molecule has 0 saturated carbocycles. The minimum Gasteiger partial charge on any atom is -0.451 e. The summed E-state index contributed by atoms with van der Waals surface area (Å²) in [5, 5.41) is 6.09. The summed E-state index contributed by atoms with van der Waals surface area (Å²) in [4.78, 5) is 32.9. The third-order valence-corrected chi connectivity index (χ3v) is 4.21. The molecule has 4 aromatic rings. The van der Waals surface area contributed by atoms with Gasteiger partial charge in [0, 0.05) is 17.0 Å². The van der Waals surface area contributed by atoms with Crippen LogP contribution in [0.2, 0.25) is 0 Å². The van der Waals surface area contributed by atoms with Crippen molar-refractivity contribution in [2.75, 3.05) is 6.61 Å². The summed E-state index contributed by atoms with van der Waals surface area (Å²) < 4.78 is 6.57. The monoisotopic (exact) mass is 360 g/mol.